The SMILES string of the molecule is [CH3][Sn]([CH3])([CH3])[c]1ccc2c([nH]c3ccccc32)[c]1[Sn]([CH3])([CH3])[CH3]. The Balaban J connectivity index is 2.50. The number of benzene rings is 2. The van der Waals surface area contributed by atoms with Gasteiger partial charge in [0.25, 0.3) is 0 Å². The maximum atomic E-state index is 3.75. The number of aromatic amines is 1. The van der Waals surface area contributed by atoms with Gasteiger partial charge >= 0.3 is 137 Å². The maximum absolute atomic E-state index is 3.75. The van der Waals surface area contributed by atoms with Crippen LogP contribution in [-0.2, 0) is 0 Å². The molecule has 2 aromatic carbocycles. The molecule has 21 heavy (non-hydrogen) atoms. The van der Waals surface area contributed by atoms with Crippen molar-refractivity contribution in [3.63, 3.8) is 0 Å². The Bertz CT molecular complexity index is 817. The Morgan fingerprint density at radius 2 is 1.38 bits per heavy atom. The summed E-state index contributed by atoms with van der Waals surface area (Å²) in [6.07, 6.45) is 0. The van der Waals surface area contributed by atoms with Gasteiger partial charge in [-0.1, -0.05) is 0 Å². The molecule has 110 valence electrons. The average Bonchev–Trinajstić information content (AvgIpc) is 2.73. The molecule has 3 rings (SSSR count). The summed E-state index contributed by atoms with van der Waals surface area (Å²) in [6, 6.07) is 13.6. The van der Waals surface area contributed by atoms with Crippen molar-refractivity contribution in [1.29, 1.82) is 0 Å². The van der Waals surface area contributed by atoms with Crippen LogP contribution in [0.5, 0.6) is 0 Å². The number of aromatic nitrogens is 1. The van der Waals surface area contributed by atoms with Crippen LogP contribution in [0.2, 0.25) is 29.6 Å². The summed E-state index contributed by atoms with van der Waals surface area (Å²) >= 11 is -4.29. The van der Waals surface area contributed by atoms with Crippen LogP contribution < -0.4 is 7.16 Å². The fraction of sp³-hybridized carbons (Fsp3) is 0.333. The molecular weight excluding hydrogens is 468 g/mol. The van der Waals surface area contributed by atoms with Gasteiger partial charge in [-0.2, -0.15) is 0 Å². The molecular formula is C18H25NSn2. The topological polar surface area (TPSA) is 15.8 Å². The summed E-state index contributed by atoms with van der Waals surface area (Å²) in [6.45, 7) is 0. The summed E-state index contributed by atoms with van der Waals surface area (Å²) in [4.78, 5) is 19.0. The van der Waals surface area contributed by atoms with Crippen LogP contribution in [0.25, 0.3) is 21.8 Å². The Morgan fingerprint density at radius 1 is 0.714 bits per heavy atom. The Hall–Kier alpha value is -0.163. The van der Waals surface area contributed by atoms with Gasteiger partial charge in [0.05, 0.1) is 0 Å². The summed E-state index contributed by atoms with van der Waals surface area (Å²) in [5.41, 5.74) is 2.73. The van der Waals surface area contributed by atoms with E-state index < -0.39 is 36.8 Å². The second-order valence-electron chi connectivity index (χ2n) is 8.08. The molecule has 0 aliphatic carbocycles. The number of fused-ring (bicyclic) bond motifs is 3. The number of hydrogen-bond acceptors (Lipinski definition) is 0. The third-order valence-corrected chi connectivity index (χ3v) is 17.8. The van der Waals surface area contributed by atoms with E-state index in [1.165, 1.54) is 21.8 Å². The van der Waals surface area contributed by atoms with Gasteiger partial charge in [0.1, 0.15) is 0 Å². The number of H-pyrrole nitrogens is 1. The van der Waals surface area contributed by atoms with Crippen molar-refractivity contribution in [2.45, 2.75) is 29.6 Å². The van der Waals surface area contributed by atoms with Crippen LogP contribution >= 0.6 is 0 Å². The van der Waals surface area contributed by atoms with E-state index in [2.05, 4.69) is 71.0 Å². The average molecular weight is 493 g/mol. The van der Waals surface area contributed by atoms with Gasteiger partial charge in [0, 0.05) is 0 Å². The van der Waals surface area contributed by atoms with Crippen LogP contribution in [0.1, 0.15) is 0 Å². The second kappa shape index (κ2) is 5.19. The fourth-order valence-corrected chi connectivity index (χ4v) is 27.1. The van der Waals surface area contributed by atoms with Crippen LogP contribution in [0, 0.1) is 0 Å². The summed E-state index contributed by atoms with van der Waals surface area (Å²) in [5, 5.41) is 2.80. The van der Waals surface area contributed by atoms with Gasteiger partial charge in [-0.05, 0) is 0 Å². The molecule has 3 heteroatoms. The fourth-order valence-electron chi connectivity index (χ4n) is 3.32. The molecule has 3 aromatic rings. The zero-order chi connectivity index (χ0) is 15.4. The van der Waals surface area contributed by atoms with Crippen molar-refractivity contribution in [2.75, 3.05) is 0 Å². The van der Waals surface area contributed by atoms with Gasteiger partial charge in [-0.15, -0.1) is 0 Å². The zero-order valence-corrected chi connectivity index (χ0v) is 19.7. The monoisotopic (exact) mass is 495 g/mol. The third-order valence-electron chi connectivity index (χ3n) is 4.24. The molecule has 1 N–H and O–H groups in total. The molecule has 0 unspecified atom stereocenters. The molecule has 0 aliphatic rings. The van der Waals surface area contributed by atoms with Gasteiger partial charge < -0.3 is 0 Å². The molecule has 1 nitrogen and oxygen atoms in total. The number of nitrogens with one attached hydrogen (secondary N) is 1. The van der Waals surface area contributed by atoms with Crippen molar-refractivity contribution in [3.05, 3.63) is 36.4 Å². The minimum absolute atomic E-state index is 1.28. The third kappa shape index (κ3) is 2.76. The molecule has 1 aromatic heterocycles. The van der Waals surface area contributed by atoms with Crippen LogP contribution in [-0.4, -0.2) is 41.7 Å². The first kappa shape index (κ1) is 15.7. The number of para-hydroxylation sites is 1. The quantitative estimate of drug-likeness (QED) is 0.510. The van der Waals surface area contributed by atoms with Crippen molar-refractivity contribution in [3.8, 4) is 0 Å². The number of hydrogen-bond donors (Lipinski definition) is 1. The summed E-state index contributed by atoms with van der Waals surface area (Å²) < 4.78 is 3.49. The van der Waals surface area contributed by atoms with Crippen molar-refractivity contribution in [2.24, 2.45) is 0 Å². The minimum atomic E-state index is -2.19. The van der Waals surface area contributed by atoms with Crippen molar-refractivity contribution < 1.29 is 0 Å². The van der Waals surface area contributed by atoms with E-state index in [9.17, 15) is 0 Å². The predicted molar refractivity (Wildman–Crippen MR) is 102 cm³/mol. The molecule has 0 saturated heterocycles. The molecule has 0 aliphatic heterocycles. The Kier molecular flexibility index (Phi) is 3.88. The molecule has 0 saturated carbocycles. The van der Waals surface area contributed by atoms with E-state index in [0.29, 0.717) is 0 Å². The van der Waals surface area contributed by atoms with Crippen LogP contribution in [0.15, 0.2) is 36.4 Å². The molecule has 0 spiro atoms. The van der Waals surface area contributed by atoms with E-state index >= 15 is 0 Å². The van der Waals surface area contributed by atoms with E-state index in [0.717, 1.165) is 0 Å². The second-order valence-corrected chi connectivity index (χ2v) is 36.7. The summed E-state index contributed by atoms with van der Waals surface area (Å²) in [5.74, 6) is 0. The first-order chi connectivity index (χ1) is 9.69. The van der Waals surface area contributed by atoms with E-state index in [1.54, 1.807) is 7.16 Å². The Labute approximate surface area is 135 Å². The van der Waals surface area contributed by atoms with Crippen LogP contribution in [0.3, 0.4) is 0 Å². The molecule has 0 bridgehead atoms. The Morgan fingerprint density at radius 3 is 2.00 bits per heavy atom. The van der Waals surface area contributed by atoms with Crippen LogP contribution in [0.4, 0.5) is 0 Å². The van der Waals surface area contributed by atoms with E-state index in [1.807, 2.05) is 0 Å². The first-order valence-corrected chi connectivity index (χ1v) is 27.7. The van der Waals surface area contributed by atoms with Gasteiger partial charge in [0.2, 0.25) is 0 Å². The molecule has 1 heterocycles. The van der Waals surface area contributed by atoms with E-state index in [4.69, 9.17) is 0 Å². The standard InChI is InChI=1S/C12H7N.6CH3.2Sn/c1-3-7-11-9(5-1)10-6-2-4-8-12(10)13-11;;;;;;;;/h1-3,5-7,13H;6*1H3;;. The normalized spacial score (nSPS) is 13.2. The predicted octanol–water partition coefficient (Wildman–Crippen LogP) is 4.41. The molecule has 0 atom stereocenters. The molecule has 0 radical (unpaired) electrons. The summed E-state index contributed by atoms with van der Waals surface area (Å²) in [7, 11) is 0. The van der Waals surface area contributed by atoms with E-state index in [-0.39, 0.29) is 0 Å². The van der Waals surface area contributed by atoms with Gasteiger partial charge in [0.15, 0.2) is 0 Å². The van der Waals surface area contributed by atoms with Crippen molar-refractivity contribution in [1.82, 2.24) is 4.98 Å². The molecule has 0 amide bonds. The number of rotatable bonds is 2. The zero-order valence-electron chi connectivity index (χ0n) is 14.0. The van der Waals surface area contributed by atoms with Gasteiger partial charge in [-0.3, -0.25) is 0 Å². The van der Waals surface area contributed by atoms with Gasteiger partial charge in [-0.25, -0.2) is 0 Å². The van der Waals surface area contributed by atoms with Crippen molar-refractivity contribution >= 4 is 65.7 Å². The first-order valence-electron chi connectivity index (χ1n) is 7.74. The molecule has 0 fully saturated rings.